The van der Waals surface area contributed by atoms with Crippen molar-refractivity contribution in [3.63, 3.8) is 0 Å². The van der Waals surface area contributed by atoms with Crippen molar-refractivity contribution in [1.82, 2.24) is 5.32 Å². The van der Waals surface area contributed by atoms with Gasteiger partial charge in [0, 0.05) is 6.04 Å². The second-order valence-corrected chi connectivity index (χ2v) is 4.59. The Bertz CT molecular complexity index is 335. The van der Waals surface area contributed by atoms with Crippen LogP contribution in [0.1, 0.15) is 31.2 Å². The van der Waals surface area contributed by atoms with Gasteiger partial charge in [0.25, 0.3) is 0 Å². The number of ether oxygens (including phenoxy) is 1. The number of aliphatic hydroxyl groups is 1. The number of benzene rings is 1. The van der Waals surface area contributed by atoms with Crippen LogP contribution in [0.2, 0.25) is 0 Å². The van der Waals surface area contributed by atoms with Gasteiger partial charge in [0.2, 0.25) is 0 Å². The Balaban J connectivity index is 1.66. The Morgan fingerprint density at radius 1 is 1.41 bits per heavy atom. The maximum atomic E-state index is 9.01. The van der Waals surface area contributed by atoms with Crippen molar-refractivity contribution < 1.29 is 9.84 Å². The minimum absolute atomic E-state index is 0.0726. The highest BCUT2D eigenvalue weighted by Gasteiger charge is 2.12. The summed E-state index contributed by atoms with van der Waals surface area (Å²) in [6.07, 6.45) is 4.89. The summed E-state index contributed by atoms with van der Waals surface area (Å²) in [6, 6.07) is 8.34. The van der Waals surface area contributed by atoms with E-state index in [0.29, 0.717) is 6.04 Å². The molecule has 1 aromatic rings. The molecule has 1 fully saturated rings. The van der Waals surface area contributed by atoms with E-state index < -0.39 is 0 Å². The summed E-state index contributed by atoms with van der Waals surface area (Å²) in [5.41, 5.74) is 0.903. The van der Waals surface area contributed by atoms with Gasteiger partial charge >= 0.3 is 0 Å². The van der Waals surface area contributed by atoms with Crippen LogP contribution in [0, 0.1) is 0 Å². The average Bonchev–Trinajstić information content (AvgIpc) is 2.88. The lowest BCUT2D eigenvalue weighted by Crippen LogP contribution is -2.21. The molecule has 1 unspecified atom stereocenters. The Labute approximate surface area is 103 Å². The average molecular weight is 235 g/mol. The van der Waals surface area contributed by atoms with Gasteiger partial charge in [-0.3, -0.25) is 0 Å². The lowest BCUT2D eigenvalue weighted by atomic mass is 10.1. The largest absolute Gasteiger partial charge is 0.494 e. The van der Waals surface area contributed by atoms with E-state index in [1.54, 1.807) is 0 Å². The molecular weight excluding hydrogens is 214 g/mol. The summed E-state index contributed by atoms with van der Waals surface area (Å²) >= 11 is 0. The molecule has 1 saturated heterocycles. The van der Waals surface area contributed by atoms with Crippen LogP contribution in [0.3, 0.4) is 0 Å². The highest BCUT2D eigenvalue weighted by atomic mass is 16.5. The predicted molar refractivity (Wildman–Crippen MR) is 68.1 cm³/mol. The molecule has 2 N–H and O–H groups in total. The first-order chi connectivity index (χ1) is 8.38. The van der Waals surface area contributed by atoms with E-state index in [-0.39, 0.29) is 6.61 Å². The van der Waals surface area contributed by atoms with Gasteiger partial charge in [0.05, 0.1) is 13.2 Å². The van der Waals surface area contributed by atoms with Crippen LogP contribution >= 0.6 is 0 Å². The molecule has 1 atom stereocenters. The Hall–Kier alpha value is -1.06. The zero-order valence-corrected chi connectivity index (χ0v) is 10.2. The van der Waals surface area contributed by atoms with Gasteiger partial charge in [-0.25, -0.2) is 0 Å². The molecule has 0 aromatic heterocycles. The topological polar surface area (TPSA) is 41.5 Å². The van der Waals surface area contributed by atoms with Crippen LogP contribution in [0.25, 0.3) is 0 Å². The van der Waals surface area contributed by atoms with E-state index in [9.17, 15) is 0 Å². The van der Waals surface area contributed by atoms with E-state index in [0.717, 1.165) is 24.3 Å². The number of hydrogen-bond acceptors (Lipinski definition) is 3. The van der Waals surface area contributed by atoms with E-state index in [1.165, 1.54) is 25.8 Å². The maximum Gasteiger partial charge on any atom is 0.119 e. The second-order valence-electron chi connectivity index (χ2n) is 4.59. The van der Waals surface area contributed by atoms with Crippen molar-refractivity contribution in [2.24, 2.45) is 0 Å². The predicted octanol–water partition coefficient (Wildman–Crippen LogP) is 2.09. The molecule has 2 rings (SSSR count). The Kier molecular flexibility index (Phi) is 4.83. The third kappa shape index (κ3) is 4.02. The fourth-order valence-electron chi connectivity index (χ4n) is 2.26. The van der Waals surface area contributed by atoms with Gasteiger partial charge in [-0.15, -0.1) is 0 Å². The van der Waals surface area contributed by atoms with E-state index in [1.807, 2.05) is 24.3 Å². The molecule has 1 heterocycles. The zero-order valence-electron chi connectivity index (χ0n) is 10.2. The highest BCUT2D eigenvalue weighted by Crippen LogP contribution is 2.15. The molecule has 3 heteroatoms. The minimum Gasteiger partial charge on any atom is -0.494 e. The van der Waals surface area contributed by atoms with Gasteiger partial charge in [-0.2, -0.15) is 0 Å². The monoisotopic (exact) mass is 235 g/mol. The smallest absolute Gasteiger partial charge is 0.119 e. The molecule has 1 aliphatic rings. The molecular formula is C14H21NO2. The number of hydrogen-bond donors (Lipinski definition) is 2. The van der Waals surface area contributed by atoms with Gasteiger partial charge in [-0.05, 0) is 49.9 Å². The molecule has 0 radical (unpaired) electrons. The molecule has 17 heavy (non-hydrogen) atoms. The fraction of sp³-hybridized carbons (Fsp3) is 0.571. The van der Waals surface area contributed by atoms with Crippen molar-refractivity contribution in [2.75, 3.05) is 13.2 Å². The Morgan fingerprint density at radius 2 is 2.35 bits per heavy atom. The van der Waals surface area contributed by atoms with Crippen molar-refractivity contribution in [1.29, 1.82) is 0 Å². The molecule has 1 aromatic carbocycles. The maximum absolute atomic E-state index is 9.01. The normalized spacial score (nSPS) is 19.5. The van der Waals surface area contributed by atoms with Crippen molar-refractivity contribution >= 4 is 0 Å². The van der Waals surface area contributed by atoms with Crippen molar-refractivity contribution in [3.8, 4) is 5.75 Å². The fourth-order valence-corrected chi connectivity index (χ4v) is 2.26. The lowest BCUT2D eigenvalue weighted by molar-refractivity contribution is 0.277. The van der Waals surface area contributed by atoms with Crippen molar-refractivity contribution in [2.45, 2.75) is 38.3 Å². The first-order valence-corrected chi connectivity index (χ1v) is 6.44. The summed E-state index contributed by atoms with van der Waals surface area (Å²) in [5, 5.41) is 12.5. The van der Waals surface area contributed by atoms with Crippen LogP contribution < -0.4 is 10.1 Å². The molecule has 94 valence electrons. The highest BCUT2D eigenvalue weighted by molar-refractivity contribution is 5.27. The van der Waals surface area contributed by atoms with E-state index in [4.69, 9.17) is 9.84 Å². The quantitative estimate of drug-likeness (QED) is 0.742. The lowest BCUT2D eigenvalue weighted by Gasteiger charge is -2.11. The molecule has 1 aliphatic heterocycles. The summed E-state index contributed by atoms with van der Waals surface area (Å²) in [6.45, 7) is 2.00. The first-order valence-electron chi connectivity index (χ1n) is 6.44. The molecule has 0 aliphatic carbocycles. The zero-order chi connectivity index (χ0) is 11.9. The third-order valence-electron chi connectivity index (χ3n) is 3.21. The summed E-state index contributed by atoms with van der Waals surface area (Å²) in [5.74, 6) is 0.857. The summed E-state index contributed by atoms with van der Waals surface area (Å²) < 4.78 is 5.67. The molecule has 0 spiro atoms. The first kappa shape index (κ1) is 12.4. The van der Waals surface area contributed by atoms with Gasteiger partial charge in [0.15, 0.2) is 0 Å². The van der Waals surface area contributed by atoms with E-state index in [2.05, 4.69) is 5.32 Å². The molecule has 0 bridgehead atoms. The van der Waals surface area contributed by atoms with Gasteiger partial charge in [0.1, 0.15) is 5.75 Å². The summed E-state index contributed by atoms with van der Waals surface area (Å²) in [7, 11) is 0. The number of rotatable bonds is 6. The van der Waals surface area contributed by atoms with Crippen LogP contribution in [-0.2, 0) is 6.61 Å². The molecule has 0 saturated carbocycles. The van der Waals surface area contributed by atoms with Crippen LogP contribution in [-0.4, -0.2) is 24.3 Å². The number of aliphatic hydroxyl groups excluding tert-OH is 1. The SMILES string of the molecule is OCc1cccc(OCCCC2CCCN2)c1. The molecule has 3 nitrogen and oxygen atoms in total. The van der Waals surface area contributed by atoms with Gasteiger partial charge < -0.3 is 15.2 Å². The van der Waals surface area contributed by atoms with Crippen LogP contribution in [0.15, 0.2) is 24.3 Å². The summed E-state index contributed by atoms with van der Waals surface area (Å²) in [4.78, 5) is 0. The van der Waals surface area contributed by atoms with Gasteiger partial charge in [-0.1, -0.05) is 12.1 Å². The van der Waals surface area contributed by atoms with Crippen LogP contribution in [0.4, 0.5) is 0 Å². The third-order valence-corrected chi connectivity index (χ3v) is 3.21. The number of nitrogens with one attached hydrogen (secondary N) is 1. The Morgan fingerprint density at radius 3 is 3.12 bits per heavy atom. The molecule has 0 amide bonds. The van der Waals surface area contributed by atoms with Crippen molar-refractivity contribution in [3.05, 3.63) is 29.8 Å². The minimum atomic E-state index is 0.0726. The van der Waals surface area contributed by atoms with Crippen LogP contribution in [0.5, 0.6) is 5.75 Å². The second kappa shape index (κ2) is 6.62. The standard InChI is InChI=1S/C14H21NO2/c16-11-12-4-1-7-14(10-12)17-9-3-6-13-5-2-8-15-13/h1,4,7,10,13,15-16H,2-3,5-6,8-9,11H2. The van der Waals surface area contributed by atoms with E-state index >= 15 is 0 Å².